The van der Waals surface area contributed by atoms with Crippen LogP contribution in [0.5, 0.6) is 5.75 Å². The maximum atomic E-state index is 13.3. The van der Waals surface area contributed by atoms with Crippen molar-refractivity contribution in [1.82, 2.24) is 19.9 Å². The van der Waals surface area contributed by atoms with Crippen molar-refractivity contribution >= 4 is 11.5 Å². The second kappa shape index (κ2) is 6.25. The Kier molecular flexibility index (Phi) is 3.74. The molecule has 6 nitrogen and oxygen atoms in total. The van der Waals surface area contributed by atoms with Gasteiger partial charge in [-0.15, -0.1) is 0 Å². The van der Waals surface area contributed by atoms with Crippen molar-refractivity contribution in [3.63, 3.8) is 0 Å². The van der Waals surface area contributed by atoms with Crippen molar-refractivity contribution in [1.29, 1.82) is 0 Å². The zero-order chi connectivity index (χ0) is 17.5. The second-order valence-electron chi connectivity index (χ2n) is 6.81. The quantitative estimate of drug-likeness (QED) is 0.779. The highest BCUT2D eigenvalue weighted by Gasteiger charge is 2.33. The summed E-state index contributed by atoms with van der Waals surface area (Å²) in [6.07, 6.45) is 3.72. The summed E-state index contributed by atoms with van der Waals surface area (Å²) in [6.45, 7) is 3.42. The van der Waals surface area contributed by atoms with E-state index in [0.29, 0.717) is 5.75 Å². The summed E-state index contributed by atoms with van der Waals surface area (Å²) in [4.78, 5) is 7.08. The molecule has 2 aliphatic heterocycles. The molecule has 26 heavy (non-hydrogen) atoms. The Labute approximate surface area is 150 Å². The van der Waals surface area contributed by atoms with E-state index in [2.05, 4.69) is 15.3 Å². The Bertz CT molecular complexity index is 950. The van der Waals surface area contributed by atoms with Gasteiger partial charge < -0.3 is 15.0 Å². The molecule has 0 amide bonds. The van der Waals surface area contributed by atoms with Crippen molar-refractivity contribution in [2.24, 2.45) is 0 Å². The van der Waals surface area contributed by atoms with Crippen LogP contribution < -0.4 is 15.0 Å². The van der Waals surface area contributed by atoms with Gasteiger partial charge in [-0.05, 0) is 25.1 Å². The van der Waals surface area contributed by atoms with E-state index in [1.54, 1.807) is 18.3 Å². The average Bonchev–Trinajstić information content (AvgIpc) is 2.93. The van der Waals surface area contributed by atoms with Gasteiger partial charge in [0.25, 0.3) is 0 Å². The Morgan fingerprint density at radius 1 is 1.15 bits per heavy atom. The summed E-state index contributed by atoms with van der Waals surface area (Å²) in [5.74, 6) is 1.43. The van der Waals surface area contributed by atoms with Crippen molar-refractivity contribution in [2.45, 2.75) is 18.9 Å². The van der Waals surface area contributed by atoms with Crippen LogP contribution in [0.1, 0.15) is 11.3 Å². The summed E-state index contributed by atoms with van der Waals surface area (Å²) in [7, 11) is 0. The van der Waals surface area contributed by atoms with E-state index >= 15 is 0 Å². The number of ether oxygens (including phenoxy) is 1. The highest BCUT2D eigenvalue weighted by molar-refractivity contribution is 5.59. The standard InChI is InChI=1S/C19H20FN5O/c20-13-2-1-3-14(10-13)26-15-11-24(12-15)19-16-4-7-21-8-5-17(16)23-18-6-9-22-25(18)19/h1-3,6,9-10,15,21H,4-5,7-8,11-12H2. The molecule has 1 fully saturated rings. The zero-order valence-corrected chi connectivity index (χ0v) is 14.4. The SMILES string of the molecule is Fc1cccc(OC2CN(c3c4c(nc5ccnn35)CCNCC4)C2)c1. The molecule has 1 N–H and O–H groups in total. The number of anilines is 1. The predicted molar refractivity (Wildman–Crippen MR) is 96.3 cm³/mol. The van der Waals surface area contributed by atoms with Crippen LogP contribution in [0.4, 0.5) is 10.2 Å². The first-order valence-electron chi connectivity index (χ1n) is 9.01. The normalized spacial score (nSPS) is 17.7. The van der Waals surface area contributed by atoms with Crippen LogP contribution in [-0.4, -0.2) is 46.9 Å². The minimum Gasteiger partial charge on any atom is -0.487 e. The highest BCUT2D eigenvalue weighted by Crippen LogP contribution is 2.30. The van der Waals surface area contributed by atoms with Gasteiger partial charge in [0.2, 0.25) is 0 Å². The maximum Gasteiger partial charge on any atom is 0.157 e. The number of rotatable bonds is 3. The topological polar surface area (TPSA) is 54.7 Å². The Hall–Kier alpha value is -2.67. The number of benzene rings is 1. The fourth-order valence-corrected chi connectivity index (χ4v) is 3.76. The molecule has 0 aliphatic carbocycles. The first kappa shape index (κ1) is 15.6. The van der Waals surface area contributed by atoms with Crippen LogP contribution in [-0.2, 0) is 12.8 Å². The lowest BCUT2D eigenvalue weighted by molar-refractivity contribution is 0.165. The van der Waals surface area contributed by atoms with Crippen LogP contribution in [0.25, 0.3) is 5.65 Å². The largest absolute Gasteiger partial charge is 0.487 e. The molecule has 2 aliphatic rings. The van der Waals surface area contributed by atoms with E-state index in [1.165, 1.54) is 17.7 Å². The van der Waals surface area contributed by atoms with E-state index in [1.807, 2.05) is 10.6 Å². The number of fused-ring (bicyclic) bond motifs is 2. The second-order valence-corrected chi connectivity index (χ2v) is 6.81. The van der Waals surface area contributed by atoms with Crippen LogP contribution in [0, 0.1) is 5.82 Å². The maximum absolute atomic E-state index is 13.3. The molecule has 0 radical (unpaired) electrons. The van der Waals surface area contributed by atoms with E-state index < -0.39 is 0 Å². The summed E-state index contributed by atoms with van der Waals surface area (Å²) >= 11 is 0. The Balaban J connectivity index is 1.41. The molecular formula is C19H20FN5O. The van der Waals surface area contributed by atoms with Crippen molar-refractivity contribution in [3.8, 4) is 5.75 Å². The highest BCUT2D eigenvalue weighted by atomic mass is 19.1. The zero-order valence-electron chi connectivity index (χ0n) is 14.4. The molecular weight excluding hydrogens is 333 g/mol. The van der Waals surface area contributed by atoms with Crippen LogP contribution >= 0.6 is 0 Å². The lowest BCUT2D eigenvalue weighted by atomic mass is 10.1. The summed E-state index contributed by atoms with van der Waals surface area (Å²) in [6, 6.07) is 8.27. The number of halogens is 1. The average molecular weight is 353 g/mol. The Morgan fingerprint density at radius 3 is 2.92 bits per heavy atom. The van der Waals surface area contributed by atoms with E-state index in [9.17, 15) is 4.39 Å². The lowest BCUT2D eigenvalue weighted by Crippen LogP contribution is -2.55. The third kappa shape index (κ3) is 2.68. The molecule has 1 saturated heterocycles. The summed E-state index contributed by atoms with van der Waals surface area (Å²) in [5, 5.41) is 7.92. The van der Waals surface area contributed by atoms with E-state index in [0.717, 1.165) is 56.2 Å². The smallest absolute Gasteiger partial charge is 0.157 e. The lowest BCUT2D eigenvalue weighted by Gasteiger charge is -2.41. The molecule has 0 bridgehead atoms. The third-order valence-electron chi connectivity index (χ3n) is 5.03. The molecule has 7 heteroatoms. The van der Waals surface area contributed by atoms with E-state index in [4.69, 9.17) is 9.72 Å². The Morgan fingerprint density at radius 2 is 2.04 bits per heavy atom. The van der Waals surface area contributed by atoms with Crippen LogP contribution in [0.2, 0.25) is 0 Å². The molecule has 2 aromatic heterocycles. The third-order valence-corrected chi connectivity index (χ3v) is 5.03. The van der Waals surface area contributed by atoms with Gasteiger partial charge in [0.15, 0.2) is 5.65 Å². The monoisotopic (exact) mass is 353 g/mol. The summed E-state index contributed by atoms with van der Waals surface area (Å²) < 4.78 is 21.2. The van der Waals surface area contributed by atoms with Gasteiger partial charge in [0.1, 0.15) is 23.5 Å². The molecule has 3 aromatic rings. The molecule has 0 unspecified atom stereocenters. The molecule has 0 spiro atoms. The van der Waals surface area contributed by atoms with Gasteiger partial charge in [-0.1, -0.05) is 6.07 Å². The van der Waals surface area contributed by atoms with Crippen molar-refractivity contribution < 1.29 is 9.13 Å². The number of hydrogen-bond donors (Lipinski definition) is 1. The molecule has 134 valence electrons. The van der Waals surface area contributed by atoms with Gasteiger partial charge in [0, 0.05) is 30.7 Å². The molecule has 0 saturated carbocycles. The van der Waals surface area contributed by atoms with Gasteiger partial charge in [0.05, 0.1) is 25.0 Å². The fourth-order valence-electron chi connectivity index (χ4n) is 3.76. The van der Waals surface area contributed by atoms with Gasteiger partial charge in [-0.2, -0.15) is 9.61 Å². The van der Waals surface area contributed by atoms with Crippen LogP contribution in [0.3, 0.4) is 0 Å². The van der Waals surface area contributed by atoms with E-state index in [-0.39, 0.29) is 11.9 Å². The first-order valence-corrected chi connectivity index (χ1v) is 9.01. The number of nitrogens with one attached hydrogen (secondary N) is 1. The number of hydrogen-bond acceptors (Lipinski definition) is 5. The first-order chi connectivity index (χ1) is 12.8. The van der Waals surface area contributed by atoms with Gasteiger partial charge in [-0.25, -0.2) is 9.37 Å². The minimum absolute atomic E-state index is 0.0510. The molecule has 4 heterocycles. The number of aromatic nitrogens is 3. The van der Waals surface area contributed by atoms with Crippen LogP contribution in [0.15, 0.2) is 36.5 Å². The number of nitrogens with zero attached hydrogens (tertiary/aromatic N) is 4. The van der Waals surface area contributed by atoms with Gasteiger partial charge in [-0.3, -0.25) is 0 Å². The van der Waals surface area contributed by atoms with Crippen molar-refractivity contribution in [2.75, 3.05) is 31.1 Å². The minimum atomic E-state index is -0.274. The van der Waals surface area contributed by atoms with Gasteiger partial charge >= 0.3 is 0 Å². The summed E-state index contributed by atoms with van der Waals surface area (Å²) in [5.41, 5.74) is 3.32. The molecule has 5 rings (SSSR count). The molecule has 0 atom stereocenters. The fraction of sp³-hybridized carbons (Fsp3) is 0.368. The van der Waals surface area contributed by atoms with Crippen molar-refractivity contribution in [3.05, 3.63) is 53.6 Å². The molecule has 1 aromatic carbocycles. The predicted octanol–water partition coefficient (Wildman–Crippen LogP) is 1.82.